The first-order valence-electron chi connectivity index (χ1n) is 5.92. The van der Waals surface area contributed by atoms with Crippen LogP contribution in [0.3, 0.4) is 0 Å². The average molecular weight is 254 g/mol. The van der Waals surface area contributed by atoms with Crippen molar-refractivity contribution in [3.8, 4) is 0 Å². The molecule has 0 radical (unpaired) electrons. The Morgan fingerprint density at radius 1 is 1.29 bits per heavy atom. The van der Waals surface area contributed by atoms with Crippen molar-refractivity contribution >= 4 is 15.7 Å². The topological polar surface area (TPSA) is 72.2 Å². The van der Waals surface area contributed by atoms with Crippen molar-refractivity contribution in [2.75, 3.05) is 4.72 Å². The molecule has 1 aromatic rings. The van der Waals surface area contributed by atoms with Crippen LogP contribution in [0.2, 0.25) is 0 Å². The second-order valence-electron chi connectivity index (χ2n) is 4.46. The molecule has 1 saturated carbocycles. The summed E-state index contributed by atoms with van der Waals surface area (Å²) in [5.74, 6) is 0. The minimum atomic E-state index is -3.23. The summed E-state index contributed by atoms with van der Waals surface area (Å²) in [4.78, 5) is 0. The lowest BCUT2D eigenvalue weighted by atomic mass is 10.2. The molecule has 5 heteroatoms. The molecule has 0 spiro atoms. The summed E-state index contributed by atoms with van der Waals surface area (Å²) in [6, 6.07) is 7.24. The van der Waals surface area contributed by atoms with Gasteiger partial charge in [-0.25, -0.2) is 8.42 Å². The molecule has 1 aromatic carbocycles. The minimum absolute atomic E-state index is 0.232. The number of nitrogens with two attached hydrogens (primary N) is 1. The van der Waals surface area contributed by atoms with E-state index in [1.807, 2.05) is 12.1 Å². The fourth-order valence-electron chi connectivity index (χ4n) is 2.21. The summed E-state index contributed by atoms with van der Waals surface area (Å²) >= 11 is 0. The summed E-state index contributed by atoms with van der Waals surface area (Å²) in [6.45, 7) is 0.416. The van der Waals surface area contributed by atoms with Crippen molar-refractivity contribution in [3.63, 3.8) is 0 Å². The van der Waals surface area contributed by atoms with E-state index in [4.69, 9.17) is 5.73 Å². The van der Waals surface area contributed by atoms with Crippen molar-refractivity contribution < 1.29 is 8.42 Å². The van der Waals surface area contributed by atoms with Gasteiger partial charge in [-0.2, -0.15) is 0 Å². The fourth-order valence-corrected chi connectivity index (χ4v) is 3.78. The molecular weight excluding hydrogens is 236 g/mol. The maximum Gasteiger partial charge on any atom is 0.235 e. The number of hydrogen-bond donors (Lipinski definition) is 2. The predicted molar refractivity (Wildman–Crippen MR) is 69.1 cm³/mol. The maximum absolute atomic E-state index is 12.1. The smallest absolute Gasteiger partial charge is 0.235 e. The highest BCUT2D eigenvalue weighted by Gasteiger charge is 2.28. The Labute approximate surface area is 102 Å². The zero-order valence-corrected chi connectivity index (χ0v) is 10.5. The van der Waals surface area contributed by atoms with E-state index in [1.54, 1.807) is 12.1 Å². The first kappa shape index (κ1) is 12.4. The van der Waals surface area contributed by atoms with E-state index in [1.165, 1.54) is 0 Å². The van der Waals surface area contributed by atoms with Gasteiger partial charge >= 0.3 is 0 Å². The third-order valence-electron chi connectivity index (χ3n) is 3.16. The highest BCUT2D eigenvalue weighted by atomic mass is 32.2. The van der Waals surface area contributed by atoms with Gasteiger partial charge in [0.2, 0.25) is 10.0 Å². The normalized spacial score (nSPS) is 17.2. The lowest BCUT2D eigenvalue weighted by Gasteiger charge is -2.13. The first-order valence-corrected chi connectivity index (χ1v) is 7.47. The van der Waals surface area contributed by atoms with Gasteiger partial charge in [-0.05, 0) is 30.5 Å². The van der Waals surface area contributed by atoms with Crippen LogP contribution in [0.5, 0.6) is 0 Å². The maximum atomic E-state index is 12.1. The van der Waals surface area contributed by atoms with E-state index >= 15 is 0 Å². The van der Waals surface area contributed by atoms with Crippen LogP contribution in [0.1, 0.15) is 31.2 Å². The molecule has 0 bridgehead atoms. The highest BCUT2D eigenvalue weighted by molar-refractivity contribution is 7.93. The summed E-state index contributed by atoms with van der Waals surface area (Å²) in [6.07, 6.45) is 3.56. The first-order chi connectivity index (χ1) is 8.12. The van der Waals surface area contributed by atoms with E-state index in [9.17, 15) is 8.42 Å². The van der Waals surface area contributed by atoms with Crippen molar-refractivity contribution in [1.29, 1.82) is 0 Å². The molecule has 1 aliphatic rings. The summed E-state index contributed by atoms with van der Waals surface area (Å²) in [5.41, 5.74) is 7.07. The average Bonchev–Trinajstić information content (AvgIpc) is 2.83. The lowest BCUT2D eigenvalue weighted by Crippen LogP contribution is -2.25. The third kappa shape index (κ3) is 2.98. The van der Waals surface area contributed by atoms with E-state index in [2.05, 4.69) is 4.72 Å². The van der Waals surface area contributed by atoms with E-state index in [-0.39, 0.29) is 5.25 Å². The molecule has 1 fully saturated rings. The second kappa shape index (κ2) is 5.06. The van der Waals surface area contributed by atoms with Crippen molar-refractivity contribution in [1.82, 2.24) is 0 Å². The van der Waals surface area contributed by atoms with Gasteiger partial charge < -0.3 is 5.73 Å². The Morgan fingerprint density at radius 2 is 2.00 bits per heavy atom. The van der Waals surface area contributed by atoms with Gasteiger partial charge in [0.15, 0.2) is 0 Å². The third-order valence-corrected chi connectivity index (χ3v) is 5.03. The Bertz CT molecular complexity index is 479. The molecule has 0 amide bonds. The van der Waals surface area contributed by atoms with Gasteiger partial charge in [-0.3, -0.25) is 4.72 Å². The minimum Gasteiger partial charge on any atom is -0.326 e. The van der Waals surface area contributed by atoms with Crippen LogP contribution in [0.15, 0.2) is 24.3 Å². The second-order valence-corrected chi connectivity index (χ2v) is 6.42. The van der Waals surface area contributed by atoms with Gasteiger partial charge in [0.05, 0.1) is 5.25 Å². The number of sulfonamides is 1. The van der Waals surface area contributed by atoms with Crippen LogP contribution in [-0.4, -0.2) is 13.7 Å². The van der Waals surface area contributed by atoms with Gasteiger partial charge in [0.25, 0.3) is 0 Å². The van der Waals surface area contributed by atoms with Crippen LogP contribution in [0.4, 0.5) is 5.69 Å². The van der Waals surface area contributed by atoms with Crippen LogP contribution in [0.25, 0.3) is 0 Å². The van der Waals surface area contributed by atoms with Crippen LogP contribution in [-0.2, 0) is 16.6 Å². The molecule has 0 saturated heterocycles. The quantitative estimate of drug-likeness (QED) is 0.861. The monoisotopic (exact) mass is 254 g/mol. The molecule has 1 aliphatic carbocycles. The van der Waals surface area contributed by atoms with Crippen molar-refractivity contribution in [2.24, 2.45) is 5.73 Å². The standard InChI is InChI=1S/C12H18N2O2S/c13-9-10-4-3-5-11(8-10)14-17(15,16)12-6-1-2-7-12/h3-5,8,12,14H,1-2,6-7,9,13H2. The van der Waals surface area contributed by atoms with Gasteiger partial charge in [0, 0.05) is 12.2 Å². The molecule has 17 heavy (non-hydrogen) atoms. The molecule has 0 aromatic heterocycles. The molecule has 2 rings (SSSR count). The predicted octanol–water partition coefficient (Wildman–Crippen LogP) is 1.83. The van der Waals surface area contributed by atoms with Gasteiger partial charge in [-0.1, -0.05) is 25.0 Å². The number of hydrogen-bond acceptors (Lipinski definition) is 3. The Hall–Kier alpha value is -1.07. The molecule has 3 N–H and O–H groups in total. The molecule has 0 heterocycles. The van der Waals surface area contributed by atoms with Crippen LogP contribution < -0.4 is 10.5 Å². The number of nitrogens with one attached hydrogen (secondary N) is 1. The van der Waals surface area contributed by atoms with Crippen molar-refractivity contribution in [2.45, 2.75) is 37.5 Å². The number of benzene rings is 1. The Morgan fingerprint density at radius 3 is 2.65 bits per heavy atom. The van der Waals surface area contributed by atoms with E-state index < -0.39 is 10.0 Å². The molecular formula is C12H18N2O2S. The molecule has 94 valence electrons. The summed E-state index contributed by atoms with van der Waals surface area (Å²) < 4.78 is 26.8. The van der Waals surface area contributed by atoms with Gasteiger partial charge in [0.1, 0.15) is 0 Å². The van der Waals surface area contributed by atoms with E-state index in [0.717, 1.165) is 31.2 Å². The molecule has 0 unspecified atom stereocenters. The van der Waals surface area contributed by atoms with Crippen LogP contribution >= 0.6 is 0 Å². The summed E-state index contributed by atoms with van der Waals surface area (Å²) in [7, 11) is -3.23. The fraction of sp³-hybridized carbons (Fsp3) is 0.500. The van der Waals surface area contributed by atoms with Gasteiger partial charge in [-0.15, -0.1) is 0 Å². The SMILES string of the molecule is NCc1cccc(NS(=O)(=O)C2CCCC2)c1. The number of anilines is 1. The van der Waals surface area contributed by atoms with Crippen molar-refractivity contribution in [3.05, 3.63) is 29.8 Å². The Kier molecular flexibility index (Phi) is 3.69. The molecule has 4 nitrogen and oxygen atoms in total. The largest absolute Gasteiger partial charge is 0.326 e. The highest BCUT2D eigenvalue weighted by Crippen LogP contribution is 2.26. The summed E-state index contributed by atoms with van der Waals surface area (Å²) in [5, 5.41) is -0.232. The van der Waals surface area contributed by atoms with E-state index in [0.29, 0.717) is 12.2 Å². The zero-order valence-electron chi connectivity index (χ0n) is 9.72. The zero-order chi connectivity index (χ0) is 12.3. The molecule has 0 atom stereocenters. The Balaban J connectivity index is 2.13. The number of rotatable bonds is 4. The van der Waals surface area contributed by atoms with Crippen LogP contribution in [0, 0.1) is 0 Å². The lowest BCUT2D eigenvalue weighted by molar-refractivity contribution is 0.585. The molecule has 0 aliphatic heterocycles.